The summed E-state index contributed by atoms with van der Waals surface area (Å²) in [7, 11) is -0.491. The van der Waals surface area contributed by atoms with Gasteiger partial charge in [-0.05, 0) is 25.1 Å². The Bertz CT molecular complexity index is 1020. The van der Waals surface area contributed by atoms with Crippen LogP contribution in [0, 0.1) is 6.92 Å². The summed E-state index contributed by atoms with van der Waals surface area (Å²) >= 11 is 0. The fourth-order valence-electron chi connectivity index (χ4n) is 2.58. The van der Waals surface area contributed by atoms with Crippen molar-refractivity contribution in [2.75, 3.05) is 14.1 Å². The molecule has 124 valence electrons. The molecule has 0 spiro atoms. The first-order chi connectivity index (χ1) is 11.3. The monoisotopic (exact) mass is 342 g/mol. The summed E-state index contributed by atoms with van der Waals surface area (Å²) in [5, 5.41) is 0.617. The second-order valence-electron chi connectivity index (χ2n) is 5.87. The molecular weight excluding hydrogens is 324 g/mol. The van der Waals surface area contributed by atoms with E-state index in [1.54, 1.807) is 62.6 Å². The maximum Gasteiger partial charge on any atom is 0.268 e. The van der Waals surface area contributed by atoms with E-state index >= 15 is 0 Å². The SMILES string of the molecule is Cc1ccc(S(=O)(=O)n2cc(C(=O)N(C)C)c3ccccc32)cc1. The maximum absolute atomic E-state index is 13.0. The average molecular weight is 342 g/mol. The maximum atomic E-state index is 13.0. The van der Waals surface area contributed by atoms with Crippen LogP contribution in [0.1, 0.15) is 15.9 Å². The van der Waals surface area contributed by atoms with Gasteiger partial charge in [0.1, 0.15) is 0 Å². The molecule has 5 nitrogen and oxygen atoms in total. The molecule has 0 saturated heterocycles. The van der Waals surface area contributed by atoms with Gasteiger partial charge in [0.15, 0.2) is 0 Å². The summed E-state index contributed by atoms with van der Waals surface area (Å²) in [6.45, 7) is 1.90. The molecule has 2 aromatic carbocycles. The first-order valence-corrected chi connectivity index (χ1v) is 8.90. The minimum Gasteiger partial charge on any atom is -0.345 e. The van der Waals surface area contributed by atoms with Gasteiger partial charge in [0.05, 0.1) is 16.0 Å². The third kappa shape index (κ3) is 2.59. The van der Waals surface area contributed by atoms with E-state index in [1.807, 2.05) is 6.92 Å². The van der Waals surface area contributed by atoms with Crippen molar-refractivity contribution in [1.82, 2.24) is 8.87 Å². The number of hydrogen-bond donors (Lipinski definition) is 0. The van der Waals surface area contributed by atoms with E-state index in [4.69, 9.17) is 0 Å². The summed E-state index contributed by atoms with van der Waals surface area (Å²) in [5.41, 5.74) is 1.84. The van der Waals surface area contributed by atoms with Crippen molar-refractivity contribution in [2.45, 2.75) is 11.8 Å². The van der Waals surface area contributed by atoms with Crippen LogP contribution < -0.4 is 0 Å². The molecule has 0 saturated carbocycles. The predicted octanol–water partition coefficient (Wildman–Crippen LogP) is 2.89. The second kappa shape index (κ2) is 5.79. The Hall–Kier alpha value is -2.60. The number of para-hydroxylation sites is 1. The van der Waals surface area contributed by atoms with Crippen LogP contribution in [-0.4, -0.2) is 37.3 Å². The Kier molecular flexibility index (Phi) is 3.93. The molecule has 0 fully saturated rings. The molecule has 6 heteroatoms. The Morgan fingerprint density at radius 3 is 2.25 bits per heavy atom. The van der Waals surface area contributed by atoms with Gasteiger partial charge in [-0.25, -0.2) is 12.4 Å². The standard InChI is InChI=1S/C18H18N2O3S/c1-13-8-10-14(11-9-13)24(22,23)20-12-16(18(21)19(2)3)15-6-4-5-7-17(15)20/h4-12H,1-3H3. The summed E-state index contributed by atoms with van der Waals surface area (Å²) in [5.74, 6) is -0.232. The minimum absolute atomic E-state index is 0.192. The third-order valence-electron chi connectivity index (χ3n) is 3.89. The Balaban J connectivity index is 2.27. The lowest BCUT2D eigenvalue weighted by molar-refractivity contribution is 0.0829. The van der Waals surface area contributed by atoms with Crippen LogP contribution in [0.3, 0.4) is 0 Å². The zero-order valence-electron chi connectivity index (χ0n) is 13.7. The molecule has 0 aliphatic carbocycles. The van der Waals surface area contributed by atoms with E-state index in [9.17, 15) is 13.2 Å². The summed E-state index contributed by atoms with van der Waals surface area (Å²) in [4.78, 5) is 14.0. The smallest absolute Gasteiger partial charge is 0.268 e. The number of rotatable bonds is 3. The van der Waals surface area contributed by atoms with E-state index < -0.39 is 10.0 Å². The molecule has 0 aliphatic heterocycles. The summed E-state index contributed by atoms with van der Waals surface area (Å²) in [6.07, 6.45) is 1.40. The fourth-order valence-corrected chi connectivity index (χ4v) is 3.95. The quantitative estimate of drug-likeness (QED) is 0.735. The number of nitrogens with zero attached hydrogens (tertiary/aromatic N) is 2. The number of benzene rings is 2. The van der Waals surface area contributed by atoms with Crippen LogP contribution in [0.5, 0.6) is 0 Å². The largest absolute Gasteiger partial charge is 0.345 e. The van der Waals surface area contributed by atoms with Crippen LogP contribution in [0.2, 0.25) is 0 Å². The van der Waals surface area contributed by atoms with Crippen LogP contribution in [-0.2, 0) is 10.0 Å². The van der Waals surface area contributed by atoms with Gasteiger partial charge in [0.2, 0.25) is 0 Å². The van der Waals surface area contributed by atoms with Crippen molar-refractivity contribution in [3.8, 4) is 0 Å². The highest BCUT2D eigenvalue weighted by Crippen LogP contribution is 2.26. The lowest BCUT2D eigenvalue weighted by Crippen LogP contribution is -2.21. The first-order valence-electron chi connectivity index (χ1n) is 7.46. The molecule has 0 aliphatic rings. The number of amides is 1. The number of hydrogen-bond acceptors (Lipinski definition) is 3. The molecule has 3 rings (SSSR count). The first kappa shape index (κ1) is 16.3. The number of aryl methyl sites for hydroxylation is 1. The van der Waals surface area contributed by atoms with Crippen LogP contribution in [0.25, 0.3) is 10.9 Å². The number of fused-ring (bicyclic) bond motifs is 1. The van der Waals surface area contributed by atoms with Gasteiger partial charge < -0.3 is 4.90 Å². The normalized spacial score (nSPS) is 11.6. The molecule has 24 heavy (non-hydrogen) atoms. The van der Waals surface area contributed by atoms with E-state index in [0.717, 1.165) is 5.56 Å². The topological polar surface area (TPSA) is 59.4 Å². The predicted molar refractivity (Wildman–Crippen MR) is 93.7 cm³/mol. The van der Waals surface area contributed by atoms with E-state index in [-0.39, 0.29) is 10.8 Å². The molecule has 1 heterocycles. The number of carbonyl (C=O) groups is 1. The summed E-state index contributed by atoms with van der Waals surface area (Å²) in [6, 6.07) is 13.7. The zero-order valence-corrected chi connectivity index (χ0v) is 14.5. The zero-order chi connectivity index (χ0) is 17.5. The Morgan fingerprint density at radius 1 is 1.00 bits per heavy atom. The molecule has 0 unspecified atom stereocenters. The Morgan fingerprint density at radius 2 is 1.62 bits per heavy atom. The van der Waals surface area contributed by atoms with Crippen molar-refractivity contribution >= 4 is 26.8 Å². The van der Waals surface area contributed by atoms with E-state index in [0.29, 0.717) is 16.5 Å². The number of aromatic nitrogens is 1. The van der Waals surface area contributed by atoms with Crippen molar-refractivity contribution in [3.05, 3.63) is 65.9 Å². The molecule has 0 radical (unpaired) electrons. The third-order valence-corrected chi connectivity index (χ3v) is 5.58. The Labute approximate surface area is 141 Å². The van der Waals surface area contributed by atoms with Crippen molar-refractivity contribution in [2.24, 2.45) is 0 Å². The molecule has 3 aromatic rings. The minimum atomic E-state index is -3.77. The van der Waals surface area contributed by atoms with Gasteiger partial charge >= 0.3 is 0 Å². The van der Waals surface area contributed by atoms with Crippen LogP contribution >= 0.6 is 0 Å². The van der Waals surface area contributed by atoms with Crippen molar-refractivity contribution < 1.29 is 13.2 Å². The van der Waals surface area contributed by atoms with Crippen molar-refractivity contribution in [1.29, 1.82) is 0 Å². The molecule has 0 bridgehead atoms. The highest BCUT2D eigenvalue weighted by molar-refractivity contribution is 7.90. The van der Waals surface area contributed by atoms with Crippen molar-refractivity contribution in [3.63, 3.8) is 0 Å². The lowest BCUT2D eigenvalue weighted by Gasteiger charge is -2.08. The van der Waals surface area contributed by atoms with Crippen LogP contribution in [0.15, 0.2) is 59.6 Å². The van der Waals surface area contributed by atoms with E-state index in [1.165, 1.54) is 15.1 Å². The van der Waals surface area contributed by atoms with E-state index in [2.05, 4.69) is 0 Å². The molecule has 1 aromatic heterocycles. The van der Waals surface area contributed by atoms with Gasteiger partial charge in [-0.3, -0.25) is 4.79 Å². The molecular formula is C18H18N2O3S. The van der Waals surface area contributed by atoms with Gasteiger partial charge in [-0.15, -0.1) is 0 Å². The highest BCUT2D eigenvalue weighted by atomic mass is 32.2. The van der Waals surface area contributed by atoms with Gasteiger partial charge in [0, 0.05) is 25.7 Å². The fraction of sp³-hybridized carbons (Fsp3) is 0.167. The molecule has 0 N–H and O–H groups in total. The average Bonchev–Trinajstić information content (AvgIpc) is 2.94. The van der Waals surface area contributed by atoms with Gasteiger partial charge in [-0.1, -0.05) is 35.9 Å². The van der Waals surface area contributed by atoms with Gasteiger partial charge in [-0.2, -0.15) is 0 Å². The number of carbonyl (C=O) groups excluding carboxylic acids is 1. The summed E-state index contributed by atoms with van der Waals surface area (Å²) < 4.78 is 27.2. The van der Waals surface area contributed by atoms with Gasteiger partial charge in [0.25, 0.3) is 15.9 Å². The molecule has 1 amide bonds. The molecule has 0 atom stereocenters. The van der Waals surface area contributed by atoms with Crippen LogP contribution in [0.4, 0.5) is 0 Å². The second-order valence-corrected chi connectivity index (χ2v) is 7.69. The lowest BCUT2D eigenvalue weighted by atomic mass is 10.1. The highest BCUT2D eigenvalue weighted by Gasteiger charge is 2.24.